The topological polar surface area (TPSA) is 46.5 Å². The molecule has 1 aromatic rings. The van der Waals surface area contributed by atoms with Crippen LogP contribution in [0.4, 0.5) is 0 Å². The van der Waals surface area contributed by atoms with Gasteiger partial charge >= 0.3 is 0 Å². The van der Waals surface area contributed by atoms with E-state index in [4.69, 9.17) is 4.74 Å². The molecule has 0 bridgehead atoms. The molecule has 76 valence electrons. The molecule has 0 radical (unpaired) electrons. The van der Waals surface area contributed by atoms with Gasteiger partial charge in [-0.05, 0) is 6.92 Å². The molecular weight excluding hydrogens is 180 g/mol. The average Bonchev–Trinajstić information content (AvgIpc) is 2.18. The molecule has 0 fully saturated rings. The Balaban J connectivity index is 2.85. The van der Waals surface area contributed by atoms with Gasteiger partial charge in [-0.3, -0.25) is 4.79 Å². The number of hydrogen-bond acceptors (Lipinski definition) is 3. The number of methoxy groups -OCH3 is 1. The molecule has 1 aromatic carbocycles. The van der Waals surface area contributed by atoms with E-state index in [9.17, 15) is 9.90 Å². The van der Waals surface area contributed by atoms with E-state index in [1.54, 1.807) is 24.3 Å². The Labute approximate surface area is 83.3 Å². The average molecular weight is 194 g/mol. The van der Waals surface area contributed by atoms with Crippen LogP contribution in [0.2, 0.25) is 0 Å². The van der Waals surface area contributed by atoms with Crippen LogP contribution in [-0.2, 0) is 4.74 Å². The molecule has 0 spiro atoms. The summed E-state index contributed by atoms with van der Waals surface area (Å²) in [5.41, 5.74) is -0.953. The van der Waals surface area contributed by atoms with Crippen molar-refractivity contribution >= 4 is 5.78 Å². The molecule has 3 heteroatoms. The Morgan fingerprint density at radius 2 is 2.00 bits per heavy atom. The van der Waals surface area contributed by atoms with Gasteiger partial charge < -0.3 is 9.84 Å². The maximum absolute atomic E-state index is 11.7. The zero-order valence-corrected chi connectivity index (χ0v) is 8.36. The van der Waals surface area contributed by atoms with Crippen LogP contribution in [0.5, 0.6) is 0 Å². The lowest BCUT2D eigenvalue weighted by molar-refractivity contribution is -0.00377. The standard InChI is InChI=1S/C11H14O3/c1-11(13,8-14-2)10(12)9-6-4-3-5-7-9/h3-7,13H,8H2,1-2H3/t11-/m0/s1. The van der Waals surface area contributed by atoms with Gasteiger partial charge in [0.25, 0.3) is 0 Å². The lowest BCUT2D eigenvalue weighted by Crippen LogP contribution is -2.39. The zero-order chi connectivity index (χ0) is 10.6. The zero-order valence-electron chi connectivity index (χ0n) is 8.36. The molecule has 0 heterocycles. The molecule has 1 N–H and O–H groups in total. The maximum Gasteiger partial charge on any atom is 0.196 e. The van der Waals surface area contributed by atoms with Gasteiger partial charge in [-0.15, -0.1) is 0 Å². The SMILES string of the molecule is COC[C@](C)(O)C(=O)c1ccccc1. The second kappa shape index (κ2) is 4.35. The predicted molar refractivity (Wildman–Crippen MR) is 53.3 cm³/mol. The molecule has 0 unspecified atom stereocenters. The highest BCUT2D eigenvalue weighted by atomic mass is 16.5. The van der Waals surface area contributed by atoms with Crippen molar-refractivity contribution < 1.29 is 14.6 Å². The molecule has 3 nitrogen and oxygen atoms in total. The van der Waals surface area contributed by atoms with E-state index in [0.717, 1.165) is 0 Å². The summed E-state index contributed by atoms with van der Waals surface area (Å²) in [6, 6.07) is 8.69. The van der Waals surface area contributed by atoms with Crippen LogP contribution in [0, 0.1) is 0 Å². The third-order valence-electron chi connectivity index (χ3n) is 1.95. The van der Waals surface area contributed by atoms with Gasteiger partial charge in [0.15, 0.2) is 5.78 Å². The Morgan fingerprint density at radius 3 is 2.50 bits per heavy atom. The van der Waals surface area contributed by atoms with Gasteiger partial charge in [-0.25, -0.2) is 0 Å². The molecule has 0 aromatic heterocycles. The Hall–Kier alpha value is -1.19. The van der Waals surface area contributed by atoms with Crippen molar-refractivity contribution in [3.8, 4) is 0 Å². The van der Waals surface area contributed by atoms with E-state index in [1.807, 2.05) is 6.07 Å². The first-order valence-electron chi connectivity index (χ1n) is 4.39. The van der Waals surface area contributed by atoms with Crippen molar-refractivity contribution in [2.45, 2.75) is 12.5 Å². The minimum Gasteiger partial charge on any atom is -0.381 e. The van der Waals surface area contributed by atoms with Gasteiger partial charge in [0.1, 0.15) is 5.60 Å². The quantitative estimate of drug-likeness (QED) is 0.734. The van der Waals surface area contributed by atoms with Crippen LogP contribution in [0.15, 0.2) is 30.3 Å². The van der Waals surface area contributed by atoms with Crippen molar-refractivity contribution in [1.82, 2.24) is 0 Å². The van der Waals surface area contributed by atoms with E-state index < -0.39 is 5.60 Å². The van der Waals surface area contributed by atoms with Crippen molar-refractivity contribution in [2.24, 2.45) is 0 Å². The normalized spacial score (nSPS) is 14.8. The summed E-state index contributed by atoms with van der Waals surface area (Å²) in [5, 5.41) is 9.76. The molecule has 0 aliphatic rings. The monoisotopic (exact) mass is 194 g/mol. The second-order valence-corrected chi connectivity index (χ2v) is 3.40. The number of rotatable bonds is 4. The largest absolute Gasteiger partial charge is 0.381 e. The van der Waals surface area contributed by atoms with E-state index in [0.29, 0.717) is 5.56 Å². The van der Waals surface area contributed by atoms with Crippen LogP contribution in [-0.4, -0.2) is 30.2 Å². The summed E-state index contributed by atoms with van der Waals surface area (Å²) in [7, 11) is 1.45. The van der Waals surface area contributed by atoms with Gasteiger partial charge in [0, 0.05) is 12.7 Å². The summed E-state index contributed by atoms with van der Waals surface area (Å²) in [6.45, 7) is 1.45. The van der Waals surface area contributed by atoms with Gasteiger partial charge in [-0.1, -0.05) is 30.3 Å². The number of carbonyl (C=O) groups is 1. The lowest BCUT2D eigenvalue weighted by Gasteiger charge is -2.20. The van der Waals surface area contributed by atoms with E-state index in [2.05, 4.69) is 0 Å². The third-order valence-corrected chi connectivity index (χ3v) is 1.95. The van der Waals surface area contributed by atoms with Crippen molar-refractivity contribution in [3.05, 3.63) is 35.9 Å². The van der Waals surface area contributed by atoms with E-state index in [-0.39, 0.29) is 12.4 Å². The fourth-order valence-electron chi connectivity index (χ4n) is 1.25. The minimum absolute atomic E-state index is 0.000722. The summed E-state index contributed by atoms with van der Waals surface area (Å²) < 4.78 is 4.78. The van der Waals surface area contributed by atoms with Crippen molar-refractivity contribution in [1.29, 1.82) is 0 Å². The van der Waals surface area contributed by atoms with Crippen LogP contribution in [0.25, 0.3) is 0 Å². The number of aliphatic hydroxyl groups is 1. The van der Waals surface area contributed by atoms with Crippen LogP contribution in [0.1, 0.15) is 17.3 Å². The van der Waals surface area contributed by atoms with E-state index >= 15 is 0 Å². The molecule has 1 rings (SSSR count). The maximum atomic E-state index is 11.7. The highest BCUT2D eigenvalue weighted by molar-refractivity contribution is 6.02. The number of benzene rings is 1. The predicted octanol–water partition coefficient (Wildman–Crippen LogP) is 1.27. The summed E-state index contributed by atoms with van der Waals surface area (Å²) in [6.07, 6.45) is 0. The van der Waals surface area contributed by atoms with Crippen molar-refractivity contribution in [2.75, 3.05) is 13.7 Å². The fraction of sp³-hybridized carbons (Fsp3) is 0.364. The van der Waals surface area contributed by atoms with Gasteiger partial charge in [-0.2, -0.15) is 0 Å². The van der Waals surface area contributed by atoms with Crippen LogP contribution < -0.4 is 0 Å². The molecule has 1 atom stereocenters. The first-order valence-corrected chi connectivity index (χ1v) is 4.39. The molecule has 14 heavy (non-hydrogen) atoms. The molecule has 0 saturated heterocycles. The fourth-order valence-corrected chi connectivity index (χ4v) is 1.25. The van der Waals surface area contributed by atoms with Gasteiger partial charge in [0.05, 0.1) is 6.61 Å². The lowest BCUT2D eigenvalue weighted by atomic mass is 9.96. The number of ether oxygens (including phenoxy) is 1. The van der Waals surface area contributed by atoms with Crippen molar-refractivity contribution in [3.63, 3.8) is 0 Å². The number of carbonyl (C=O) groups excluding carboxylic acids is 1. The summed E-state index contributed by atoms with van der Waals surface area (Å²) >= 11 is 0. The highest BCUT2D eigenvalue weighted by Gasteiger charge is 2.30. The number of Topliss-reactive ketones (excluding diaryl/α,β-unsaturated/α-hetero) is 1. The molecule has 0 aliphatic heterocycles. The molecule has 0 amide bonds. The Kier molecular flexibility index (Phi) is 3.38. The first-order chi connectivity index (χ1) is 6.58. The van der Waals surface area contributed by atoms with E-state index in [1.165, 1.54) is 14.0 Å². The molecule has 0 saturated carbocycles. The summed E-state index contributed by atoms with van der Waals surface area (Å²) in [5.74, 6) is -0.319. The van der Waals surface area contributed by atoms with Gasteiger partial charge in [0.2, 0.25) is 0 Å². The van der Waals surface area contributed by atoms with Crippen LogP contribution >= 0.6 is 0 Å². The Morgan fingerprint density at radius 1 is 1.43 bits per heavy atom. The van der Waals surface area contributed by atoms with Crippen LogP contribution in [0.3, 0.4) is 0 Å². The minimum atomic E-state index is -1.45. The molecular formula is C11H14O3. The highest BCUT2D eigenvalue weighted by Crippen LogP contribution is 2.13. The first kappa shape index (κ1) is 10.9. The third kappa shape index (κ3) is 2.40. The number of ketones is 1. The number of hydrogen-bond donors (Lipinski definition) is 1. The summed E-state index contributed by atoms with van der Waals surface area (Å²) in [4.78, 5) is 11.7. The molecule has 0 aliphatic carbocycles. The smallest absolute Gasteiger partial charge is 0.196 e. The second-order valence-electron chi connectivity index (χ2n) is 3.40. The Bertz CT molecular complexity index is 304.